The van der Waals surface area contributed by atoms with Crippen LogP contribution in [0.1, 0.15) is 17.5 Å². The fourth-order valence-corrected chi connectivity index (χ4v) is 2.21. The second kappa shape index (κ2) is 4.45. The summed E-state index contributed by atoms with van der Waals surface area (Å²) in [6.45, 7) is 0. The summed E-state index contributed by atoms with van der Waals surface area (Å²) >= 11 is 0. The Kier molecular flexibility index (Phi) is 3.01. The molecule has 0 aromatic heterocycles. The summed E-state index contributed by atoms with van der Waals surface area (Å²) in [6.07, 6.45) is 1.86. The minimum absolute atomic E-state index is 0.183. The van der Waals surface area contributed by atoms with Gasteiger partial charge in [0.05, 0.1) is 0 Å². The Labute approximate surface area is 93.2 Å². The van der Waals surface area contributed by atoms with E-state index in [4.69, 9.17) is 5.21 Å². The Balaban J connectivity index is 1.97. The van der Waals surface area contributed by atoms with Crippen LogP contribution in [-0.2, 0) is 22.4 Å². The number of hydrogen-bond donors (Lipinski definition) is 2. The van der Waals surface area contributed by atoms with Gasteiger partial charge < -0.3 is 0 Å². The van der Waals surface area contributed by atoms with E-state index in [0.29, 0.717) is 0 Å². The molecule has 0 spiro atoms. The molecule has 84 valence electrons. The molecule has 0 bridgehead atoms. The van der Waals surface area contributed by atoms with Crippen LogP contribution in [0, 0.1) is 5.92 Å². The van der Waals surface area contributed by atoms with E-state index in [-0.39, 0.29) is 12.3 Å². The lowest BCUT2D eigenvalue weighted by Gasteiger charge is -2.05. The Bertz CT molecular complexity index is 403. The lowest BCUT2D eigenvalue weighted by atomic mass is 9.99. The number of carbonyl (C=O) groups excluding carboxylic acids is 2. The number of benzene rings is 1. The topological polar surface area (TPSA) is 66.4 Å². The zero-order chi connectivity index (χ0) is 11.5. The highest BCUT2D eigenvalue weighted by atomic mass is 16.5. The van der Waals surface area contributed by atoms with Gasteiger partial charge in [0.25, 0.3) is 0 Å². The van der Waals surface area contributed by atoms with Crippen LogP contribution in [0.2, 0.25) is 0 Å². The van der Waals surface area contributed by atoms with Crippen LogP contribution < -0.4 is 5.48 Å². The van der Waals surface area contributed by atoms with Gasteiger partial charge in [-0.15, -0.1) is 0 Å². The smallest absolute Gasteiger partial charge is 0.289 e. The summed E-state index contributed by atoms with van der Waals surface area (Å²) in [5, 5.41) is 8.33. The van der Waals surface area contributed by atoms with Crippen LogP contribution in [0.5, 0.6) is 0 Å². The summed E-state index contributed by atoms with van der Waals surface area (Å²) in [6, 6.07) is 8.05. The first-order valence-electron chi connectivity index (χ1n) is 5.24. The fraction of sp³-hybridized carbons (Fsp3) is 0.333. The average molecular weight is 219 g/mol. The first kappa shape index (κ1) is 10.8. The van der Waals surface area contributed by atoms with Crippen LogP contribution in [0.25, 0.3) is 0 Å². The maximum absolute atomic E-state index is 11.3. The maximum Gasteiger partial charge on any atom is 0.310 e. The number of hydrogen-bond acceptors (Lipinski definition) is 3. The highest BCUT2D eigenvalue weighted by molar-refractivity contribution is 6.35. The Morgan fingerprint density at radius 2 is 1.81 bits per heavy atom. The largest absolute Gasteiger partial charge is 0.310 e. The van der Waals surface area contributed by atoms with Crippen LogP contribution >= 0.6 is 0 Å². The molecule has 1 aromatic rings. The molecule has 1 aliphatic rings. The number of nitrogens with one attached hydrogen (secondary N) is 1. The first-order chi connectivity index (χ1) is 7.70. The summed E-state index contributed by atoms with van der Waals surface area (Å²) in [5.41, 5.74) is 3.88. The van der Waals surface area contributed by atoms with Gasteiger partial charge >= 0.3 is 5.91 Å². The second-order valence-corrected chi connectivity index (χ2v) is 4.11. The normalized spacial score (nSPS) is 14.6. The van der Waals surface area contributed by atoms with Crippen molar-refractivity contribution in [2.45, 2.75) is 19.3 Å². The van der Waals surface area contributed by atoms with Gasteiger partial charge in [-0.1, -0.05) is 24.3 Å². The van der Waals surface area contributed by atoms with E-state index in [0.717, 1.165) is 12.8 Å². The zero-order valence-corrected chi connectivity index (χ0v) is 8.77. The molecule has 0 saturated carbocycles. The molecule has 16 heavy (non-hydrogen) atoms. The van der Waals surface area contributed by atoms with E-state index in [1.165, 1.54) is 16.6 Å². The third kappa shape index (κ3) is 2.12. The van der Waals surface area contributed by atoms with Gasteiger partial charge in [-0.25, -0.2) is 5.48 Å². The molecule has 0 saturated heterocycles. The van der Waals surface area contributed by atoms with Crippen molar-refractivity contribution in [2.75, 3.05) is 0 Å². The molecule has 0 atom stereocenters. The molecule has 0 radical (unpaired) electrons. The number of rotatable bonds is 3. The average Bonchev–Trinajstić information content (AvgIpc) is 2.69. The van der Waals surface area contributed by atoms with Gasteiger partial charge in [-0.2, -0.15) is 0 Å². The van der Waals surface area contributed by atoms with Crippen molar-refractivity contribution in [1.29, 1.82) is 0 Å². The molecule has 1 aromatic carbocycles. The molecule has 1 amide bonds. The quantitative estimate of drug-likeness (QED) is 0.450. The van der Waals surface area contributed by atoms with Crippen LogP contribution in [0.15, 0.2) is 24.3 Å². The van der Waals surface area contributed by atoms with Gasteiger partial charge in [0.2, 0.25) is 5.78 Å². The summed E-state index contributed by atoms with van der Waals surface area (Å²) in [7, 11) is 0. The minimum atomic E-state index is -0.920. The first-order valence-corrected chi connectivity index (χ1v) is 5.24. The number of Topliss-reactive ketones (excluding diaryl/α,β-unsaturated/α-hetero) is 1. The van der Waals surface area contributed by atoms with E-state index in [9.17, 15) is 9.59 Å². The standard InChI is InChI=1S/C12H13NO3/c14-11(12(15)13-16)7-8-5-9-3-1-2-4-10(9)6-8/h1-4,8,16H,5-7H2,(H,13,15). The van der Waals surface area contributed by atoms with E-state index >= 15 is 0 Å². The third-order valence-electron chi connectivity index (χ3n) is 2.96. The van der Waals surface area contributed by atoms with Crippen LogP contribution in [0.3, 0.4) is 0 Å². The highest BCUT2D eigenvalue weighted by Gasteiger charge is 2.25. The molecular formula is C12H13NO3. The third-order valence-corrected chi connectivity index (χ3v) is 2.96. The summed E-state index contributed by atoms with van der Waals surface area (Å²) < 4.78 is 0. The number of fused-ring (bicyclic) bond motifs is 1. The van der Waals surface area contributed by atoms with Gasteiger partial charge in [-0.05, 0) is 29.9 Å². The number of ketones is 1. The van der Waals surface area contributed by atoms with E-state index < -0.39 is 11.7 Å². The van der Waals surface area contributed by atoms with Gasteiger partial charge in [0.15, 0.2) is 0 Å². The predicted molar refractivity (Wildman–Crippen MR) is 56.9 cm³/mol. The van der Waals surface area contributed by atoms with Crippen molar-refractivity contribution in [3.05, 3.63) is 35.4 Å². The van der Waals surface area contributed by atoms with Crippen molar-refractivity contribution in [1.82, 2.24) is 5.48 Å². The van der Waals surface area contributed by atoms with Crippen molar-refractivity contribution < 1.29 is 14.8 Å². The Morgan fingerprint density at radius 1 is 1.25 bits per heavy atom. The van der Waals surface area contributed by atoms with Crippen LogP contribution in [-0.4, -0.2) is 16.9 Å². The monoisotopic (exact) mass is 219 g/mol. The van der Waals surface area contributed by atoms with Crippen molar-refractivity contribution in [2.24, 2.45) is 5.92 Å². The number of amides is 1. The van der Waals surface area contributed by atoms with Gasteiger partial charge in [-0.3, -0.25) is 14.8 Å². The molecule has 0 aliphatic heterocycles. The molecule has 2 rings (SSSR count). The van der Waals surface area contributed by atoms with E-state index in [2.05, 4.69) is 0 Å². The molecule has 0 unspecified atom stereocenters. The van der Waals surface area contributed by atoms with E-state index in [1.807, 2.05) is 24.3 Å². The minimum Gasteiger partial charge on any atom is -0.289 e. The number of hydroxylamine groups is 1. The van der Waals surface area contributed by atoms with Crippen molar-refractivity contribution in [3.63, 3.8) is 0 Å². The SMILES string of the molecule is O=C(CC1Cc2ccccc2C1)C(=O)NO. The van der Waals surface area contributed by atoms with E-state index in [1.54, 1.807) is 0 Å². The molecule has 4 nitrogen and oxygen atoms in total. The predicted octanol–water partition coefficient (Wildman–Crippen LogP) is 0.866. The second-order valence-electron chi connectivity index (χ2n) is 4.11. The Hall–Kier alpha value is -1.68. The van der Waals surface area contributed by atoms with Gasteiger partial charge in [0, 0.05) is 6.42 Å². The molecule has 0 heterocycles. The van der Waals surface area contributed by atoms with Crippen molar-refractivity contribution in [3.8, 4) is 0 Å². The van der Waals surface area contributed by atoms with Crippen LogP contribution in [0.4, 0.5) is 0 Å². The fourth-order valence-electron chi connectivity index (χ4n) is 2.21. The lowest BCUT2D eigenvalue weighted by Crippen LogP contribution is -2.29. The maximum atomic E-state index is 11.3. The highest BCUT2D eigenvalue weighted by Crippen LogP contribution is 2.28. The van der Waals surface area contributed by atoms with Crippen molar-refractivity contribution >= 4 is 11.7 Å². The van der Waals surface area contributed by atoms with Gasteiger partial charge in [0.1, 0.15) is 0 Å². The molecule has 2 N–H and O–H groups in total. The molecule has 1 aliphatic carbocycles. The zero-order valence-electron chi connectivity index (χ0n) is 8.77. The lowest BCUT2D eigenvalue weighted by molar-refractivity contribution is -0.143. The summed E-state index contributed by atoms with van der Waals surface area (Å²) in [4.78, 5) is 22.2. The molecule has 0 fully saturated rings. The Morgan fingerprint density at radius 3 is 2.31 bits per heavy atom. The summed E-state index contributed by atoms with van der Waals surface area (Å²) in [5.74, 6) is -1.29. The number of carbonyl (C=O) groups is 2. The molecule has 4 heteroatoms. The molecular weight excluding hydrogens is 206 g/mol.